The molecule has 7 rings (SSSR count). The van der Waals surface area contributed by atoms with Gasteiger partial charge in [0.1, 0.15) is 22.9 Å². The molecule has 1 aromatic heterocycles. The van der Waals surface area contributed by atoms with E-state index >= 15 is 0 Å². The summed E-state index contributed by atoms with van der Waals surface area (Å²) in [7, 11) is 0. The van der Waals surface area contributed by atoms with Crippen molar-refractivity contribution in [3.05, 3.63) is 90.3 Å². The number of nitrogens with zero attached hydrogens (tertiary/aromatic N) is 1. The van der Waals surface area contributed by atoms with Crippen LogP contribution in [0.1, 0.15) is 11.4 Å². The molecule has 152 valence electrons. The minimum absolute atomic E-state index is 0.0785. The molecule has 0 atom stereocenters. The molecule has 0 aliphatic carbocycles. The molecule has 32 heavy (non-hydrogen) atoms. The molecule has 2 aliphatic rings. The number of aryl methyl sites for hydroxylation is 2. The number of benzene rings is 4. The number of nitrogens with one attached hydrogen (secondary N) is 1. The van der Waals surface area contributed by atoms with Gasteiger partial charge in [0, 0.05) is 18.5 Å². The summed E-state index contributed by atoms with van der Waals surface area (Å²) >= 11 is 0. The van der Waals surface area contributed by atoms with E-state index < -0.39 is 0 Å². The van der Waals surface area contributed by atoms with E-state index in [2.05, 4.69) is 90.1 Å². The molecular formula is C27H20BN2O2+. The Kier molecular flexibility index (Phi) is 3.46. The van der Waals surface area contributed by atoms with E-state index in [1.807, 2.05) is 12.1 Å². The summed E-state index contributed by atoms with van der Waals surface area (Å²) in [5.41, 5.74) is 7.83. The molecule has 1 N–H and O–H groups in total. The summed E-state index contributed by atoms with van der Waals surface area (Å²) in [6, 6.07) is 27.2. The molecule has 4 aromatic carbocycles. The fraction of sp³-hybridized carbons (Fsp3) is 0.0741. The number of hydrogen-bond donors (Lipinski definition) is 1. The number of H-pyrrole nitrogens is 1. The number of ether oxygens (including phenoxy) is 2. The average molecular weight is 415 g/mol. The van der Waals surface area contributed by atoms with E-state index in [1.165, 1.54) is 16.5 Å². The molecule has 5 aromatic rings. The van der Waals surface area contributed by atoms with Crippen LogP contribution < -0.4 is 30.4 Å². The van der Waals surface area contributed by atoms with Gasteiger partial charge >= 0.3 is 0 Å². The zero-order valence-electron chi connectivity index (χ0n) is 17.8. The van der Waals surface area contributed by atoms with Crippen LogP contribution in [0, 0.1) is 13.8 Å². The van der Waals surface area contributed by atoms with Crippen molar-refractivity contribution in [2.24, 2.45) is 0 Å². The number of aromatic amines is 1. The molecule has 0 radical (unpaired) electrons. The molecule has 0 spiro atoms. The Morgan fingerprint density at radius 1 is 0.750 bits per heavy atom. The summed E-state index contributed by atoms with van der Waals surface area (Å²) in [5, 5.41) is 0. The Balaban J connectivity index is 1.59. The van der Waals surface area contributed by atoms with Gasteiger partial charge in [0.25, 0.3) is 12.5 Å². The van der Waals surface area contributed by atoms with E-state index in [4.69, 9.17) is 9.47 Å². The monoisotopic (exact) mass is 415 g/mol. The summed E-state index contributed by atoms with van der Waals surface area (Å²) in [6.45, 7) is 4.32. The van der Waals surface area contributed by atoms with Crippen molar-refractivity contribution in [2.75, 3.05) is 0 Å². The Morgan fingerprint density at radius 2 is 1.41 bits per heavy atom. The van der Waals surface area contributed by atoms with Gasteiger partial charge in [-0.2, -0.15) is 4.57 Å². The maximum atomic E-state index is 6.56. The third kappa shape index (κ3) is 2.25. The average Bonchev–Trinajstić information content (AvgIpc) is 3.15. The van der Waals surface area contributed by atoms with Crippen LogP contribution in [0.4, 0.5) is 0 Å². The van der Waals surface area contributed by atoms with E-state index in [1.54, 1.807) is 0 Å². The second-order valence-corrected chi connectivity index (χ2v) is 8.56. The Labute approximate surface area is 186 Å². The predicted octanol–water partition coefficient (Wildman–Crippen LogP) is 3.79. The first-order chi connectivity index (χ1) is 15.7. The first-order valence-electron chi connectivity index (χ1n) is 10.9. The molecule has 0 fully saturated rings. The predicted molar refractivity (Wildman–Crippen MR) is 127 cm³/mol. The number of fused-ring (bicyclic) bond motifs is 6. The minimum atomic E-state index is 0.0785. The standard InChI is InChI=1S/C27H19BN2O2/c1-16-9-3-6-12-20(16)30-17(2)29-26-21(30)15-24-25-27(26)32-23-14-8-5-11-19(23)28(25)18-10-4-7-13-22(18)31-24/h3-15H,1-2H3/p+1. The van der Waals surface area contributed by atoms with Gasteiger partial charge in [0.2, 0.25) is 5.52 Å². The molecule has 0 saturated carbocycles. The van der Waals surface area contributed by atoms with Crippen LogP contribution in [0.5, 0.6) is 23.0 Å². The normalized spacial score (nSPS) is 13.1. The lowest BCUT2D eigenvalue weighted by atomic mass is 9.35. The van der Waals surface area contributed by atoms with Gasteiger partial charge in [0.05, 0.1) is 0 Å². The van der Waals surface area contributed by atoms with Crippen LogP contribution in [-0.4, -0.2) is 11.7 Å². The lowest BCUT2D eigenvalue weighted by Crippen LogP contribution is -2.57. The topological polar surface area (TPSA) is 38.1 Å². The largest absolute Gasteiger partial charge is 0.458 e. The molecule has 5 heteroatoms. The highest BCUT2D eigenvalue weighted by atomic mass is 16.5. The molecule has 3 heterocycles. The van der Waals surface area contributed by atoms with E-state index in [9.17, 15) is 0 Å². The molecule has 0 bridgehead atoms. The fourth-order valence-corrected chi connectivity index (χ4v) is 5.27. The van der Waals surface area contributed by atoms with E-state index in [-0.39, 0.29) is 6.71 Å². The summed E-state index contributed by atoms with van der Waals surface area (Å²) < 4.78 is 15.3. The van der Waals surface area contributed by atoms with Gasteiger partial charge in [0.15, 0.2) is 11.3 Å². The van der Waals surface area contributed by atoms with Gasteiger partial charge in [-0.1, -0.05) is 54.6 Å². The van der Waals surface area contributed by atoms with Crippen molar-refractivity contribution < 1.29 is 14.0 Å². The summed E-state index contributed by atoms with van der Waals surface area (Å²) in [4.78, 5) is 3.61. The SMILES string of the molecule is Cc1ccccc1-[n+]1c(C)[nH]c2c3c4c(cc21)Oc1ccccc1B4c1ccccc1O3. The molecule has 0 amide bonds. The first kappa shape index (κ1) is 17.7. The fourth-order valence-electron chi connectivity index (χ4n) is 5.27. The third-order valence-corrected chi connectivity index (χ3v) is 6.68. The van der Waals surface area contributed by atoms with Crippen molar-refractivity contribution in [1.29, 1.82) is 0 Å². The lowest BCUT2D eigenvalue weighted by Gasteiger charge is -2.32. The van der Waals surface area contributed by atoms with Gasteiger partial charge in [-0.15, -0.1) is 0 Å². The number of aromatic nitrogens is 2. The highest BCUT2D eigenvalue weighted by Crippen LogP contribution is 2.38. The zero-order valence-corrected chi connectivity index (χ0v) is 17.8. The van der Waals surface area contributed by atoms with Crippen molar-refractivity contribution in [2.45, 2.75) is 13.8 Å². The Morgan fingerprint density at radius 3 is 2.16 bits per heavy atom. The molecule has 0 saturated heterocycles. The minimum Gasteiger partial charge on any atom is -0.458 e. The van der Waals surface area contributed by atoms with Crippen molar-refractivity contribution in [3.8, 4) is 28.7 Å². The number of para-hydroxylation sites is 3. The maximum absolute atomic E-state index is 6.56. The molecular weight excluding hydrogens is 395 g/mol. The van der Waals surface area contributed by atoms with Gasteiger partial charge in [-0.3, -0.25) is 0 Å². The molecule has 4 nitrogen and oxygen atoms in total. The van der Waals surface area contributed by atoms with Crippen LogP contribution in [0.2, 0.25) is 0 Å². The van der Waals surface area contributed by atoms with Gasteiger partial charge in [-0.05, 0) is 41.6 Å². The van der Waals surface area contributed by atoms with Crippen molar-refractivity contribution in [1.82, 2.24) is 4.98 Å². The highest BCUT2D eigenvalue weighted by molar-refractivity contribution is 6.98. The number of rotatable bonds is 1. The van der Waals surface area contributed by atoms with Crippen LogP contribution in [0.25, 0.3) is 16.7 Å². The summed E-state index contributed by atoms with van der Waals surface area (Å²) in [6.07, 6.45) is 0. The van der Waals surface area contributed by atoms with E-state index in [0.29, 0.717) is 0 Å². The van der Waals surface area contributed by atoms with Gasteiger partial charge < -0.3 is 9.47 Å². The quantitative estimate of drug-likeness (QED) is 0.327. The molecule has 0 unspecified atom stereocenters. The second-order valence-electron chi connectivity index (χ2n) is 8.56. The summed E-state index contributed by atoms with van der Waals surface area (Å²) in [5.74, 6) is 4.55. The Hall–Kier alpha value is -3.99. The van der Waals surface area contributed by atoms with E-state index in [0.717, 1.165) is 51.0 Å². The number of hydrogen-bond acceptors (Lipinski definition) is 2. The zero-order chi connectivity index (χ0) is 21.4. The Bertz CT molecular complexity index is 1560. The highest BCUT2D eigenvalue weighted by Gasteiger charge is 2.42. The second kappa shape index (κ2) is 6.27. The lowest BCUT2D eigenvalue weighted by molar-refractivity contribution is -0.574. The van der Waals surface area contributed by atoms with Crippen LogP contribution in [0.3, 0.4) is 0 Å². The van der Waals surface area contributed by atoms with Crippen LogP contribution >= 0.6 is 0 Å². The number of imidazole rings is 1. The van der Waals surface area contributed by atoms with Crippen LogP contribution in [0.15, 0.2) is 78.9 Å². The molecule has 2 aliphatic heterocycles. The van der Waals surface area contributed by atoms with Crippen LogP contribution in [-0.2, 0) is 0 Å². The first-order valence-corrected chi connectivity index (χ1v) is 10.9. The third-order valence-electron chi connectivity index (χ3n) is 6.68. The van der Waals surface area contributed by atoms with Crippen molar-refractivity contribution >= 4 is 34.1 Å². The maximum Gasteiger partial charge on any atom is 0.260 e. The van der Waals surface area contributed by atoms with Crippen molar-refractivity contribution in [3.63, 3.8) is 0 Å². The van der Waals surface area contributed by atoms with Gasteiger partial charge in [-0.25, -0.2) is 4.98 Å². The smallest absolute Gasteiger partial charge is 0.260 e.